The monoisotopic (exact) mass is 463 g/mol. The molecule has 2 aromatic carbocycles. The Morgan fingerprint density at radius 3 is 2.26 bits per heavy atom. The van der Waals surface area contributed by atoms with Crippen LogP contribution in [0, 0.1) is 15.5 Å². The van der Waals surface area contributed by atoms with Crippen LogP contribution in [0.5, 0.6) is 0 Å². The van der Waals surface area contributed by atoms with Crippen LogP contribution in [0.1, 0.15) is 49.4 Å². The number of non-ortho nitro benzene ring substituents is 1. The highest BCUT2D eigenvalue weighted by atomic mass is 16.7. The average molecular weight is 463 g/mol. The van der Waals surface area contributed by atoms with Crippen LogP contribution < -0.4 is 0 Å². The fraction of sp³-hybridized carbons (Fsp3) is 0.333. The summed E-state index contributed by atoms with van der Waals surface area (Å²) in [5, 5.41) is 17.1. The van der Waals surface area contributed by atoms with E-state index < -0.39 is 46.1 Å². The van der Waals surface area contributed by atoms with Crippen LogP contribution in [0.4, 0.5) is 5.69 Å². The van der Waals surface area contributed by atoms with Crippen molar-refractivity contribution in [3.05, 3.63) is 75.3 Å². The van der Waals surface area contributed by atoms with Gasteiger partial charge in [0.2, 0.25) is 5.41 Å². The van der Waals surface area contributed by atoms with Crippen LogP contribution in [-0.4, -0.2) is 45.7 Å². The van der Waals surface area contributed by atoms with Gasteiger partial charge in [-0.05, 0) is 23.6 Å². The molecule has 2 aromatic rings. The first-order valence-electron chi connectivity index (χ1n) is 10.7. The summed E-state index contributed by atoms with van der Waals surface area (Å²) in [7, 11) is 0. The lowest BCUT2D eigenvalue weighted by atomic mass is 9.65. The molecule has 1 spiro atoms. The molecule has 0 N–H and O–H groups in total. The fourth-order valence-electron chi connectivity index (χ4n) is 5.34. The zero-order valence-corrected chi connectivity index (χ0v) is 18.6. The Morgan fingerprint density at radius 1 is 1.06 bits per heavy atom. The van der Waals surface area contributed by atoms with E-state index in [2.05, 4.69) is 5.10 Å². The number of Topliss-reactive ketones (excluding diaryl/α,β-unsaturated/α-hetero) is 1. The second-order valence-corrected chi connectivity index (χ2v) is 9.09. The van der Waals surface area contributed by atoms with Gasteiger partial charge in [-0.3, -0.25) is 29.5 Å². The highest BCUT2D eigenvalue weighted by molar-refractivity contribution is 6.07. The molecule has 34 heavy (non-hydrogen) atoms. The molecule has 0 radical (unpaired) electrons. The quantitative estimate of drug-likeness (QED) is 0.294. The van der Waals surface area contributed by atoms with E-state index in [-0.39, 0.29) is 11.5 Å². The number of ether oxygens (including phenoxy) is 2. The lowest BCUT2D eigenvalue weighted by Gasteiger charge is -2.44. The second-order valence-electron chi connectivity index (χ2n) is 9.09. The third-order valence-corrected chi connectivity index (χ3v) is 6.64. The molecule has 0 bridgehead atoms. The first kappa shape index (κ1) is 21.7. The minimum absolute atomic E-state index is 0.161. The van der Waals surface area contributed by atoms with Crippen molar-refractivity contribution in [2.75, 3.05) is 0 Å². The summed E-state index contributed by atoms with van der Waals surface area (Å²) < 4.78 is 11.2. The normalized spacial score (nSPS) is 25.9. The Balaban J connectivity index is 1.80. The fourth-order valence-corrected chi connectivity index (χ4v) is 5.34. The van der Waals surface area contributed by atoms with Crippen molar-refractivity contribution in [1.82, 2.24) is 5.01 Å². The molecular weight excluding hydrogens is 442 g/mol. The van der Waals surface area contributed by atoms with Crippen LogP contribution >= 0.6 is 0 Å². The van der Waals surface area contributed by atoms with Crippen molar-refractivity contribution >= 4 is 29.6 Å². The van der Waals surface area contributed by atoms with Crippen LogP contribution in [0.15, 0.2) is 53.6 Å². The highest BCUT2D eigenvalue weighted by Crippen LogP contribution is 2.62. The van der Waals surface area contributed by atoms with Gasteiger partial charge in [-0.25, -0.2) is 0 Å². The van der Waals surface area contributed by atoms with E-state index in [1.807, 2.05) is 0 Å². The van der Waals surface area contributed by atoms with Gasteiger partial charge in [-0.2, -0.15) is 5.10 Å². The van der Waals surface area contributed by atoms with E-state index in [1.165, 1.54) is 50.0 Å². The maximum Gasteiger partial charge on any atom is 0.330 e. The molecule has 5 rings (SSSR count). The first-order valence-corrected chi connectivity index (χ1v) is 10.7. The number of carbonyl (C=O) groups excluding carboxylic acids is 3. The predicted octanol–water partition coefficient (Wildman–Crippen LogP) is 2.86. The van der Waals surface area contributed by atoms with Gasteiger partial charge >= 0.3 is 11.9 Å². The van der Waals surface area contributed by atoms with Gasteiger partial charge < -0.3 is 9.47 Å². The summed E-state index contributed by atoms with van der Waals surface area (Å²) in [6.07, 6.45) is 1.58. The summed E-state index contributed by atoms with van der Waals surface area (Å²) >= 11 is 0. The number of hydrazone groups is 1. The summed E-state index contributed by atoms with van der Waals surface area (Å²) in [5.74, 6) is -4.54. The van der Waals surface area contributed by atoms with E-state index in [0.29, 0.717) is 16.7 Å². The number of benzene rings is 2. The Labute approximate surface area is 194 Å². The van der Waals surface area contributed by atoms with Crippen molar-refractivity contribution in [3.63, 3.8) is 0 Å². The van der Waals surface area contributed by atoms with Gasteiger partial charge in [0.25, 0.3) is 11.5 Å². The third-order valence-electron chi connectivity index (χ3n) is 6.64. The van der Waals surface area contributed by atoms with Gasteiger partial charge in [0, 0.05) is 31.9 Å². The molecule has 174 valence electrons. The molecule has 10 heteroatoms. The summed E-state index contributed by atoms with van der Waals surface area (Å²) in [4.78, 5) is 51.3. The predicted molar refractivity (Wildman–Crippen MR) is 118 cm³/mol. The van der Waals surface area contributed by atoms with Gasteiger partial charge in [-0.15, -0.1) is 0 Å². The molecule has 3 aliphatic heterocycles. The Morgan fingerprint density at radius 2 is 1.68 bits per heavy atom. The standard InChI is InChI=1S/C24H21N3O7/c1-13(28)19-18(14-8-10-16(11-9-14)27(31)32)24(21(29)33-23(2,3)34-22(24)30)20-17-7-5-4-6-15(17)12-25-26(19)20/h4-12,18-20H,1-3H3/t18-,19-,20+/m0/s1. The number of fused-ring (bicyclic) bond motifs is 4. The lowest BCUT2D eigenvalue weighted by molar-refractivity contribution is -0.384. The number of nitro groups is 1. The Bertz CT molecular complexity index is 1250. The third kappa shape index (κ3) is 2.87. The lowest BCUT2D eigenvalue weighted by Crippen LogP contribution is -2.58. The molecule has 0 unspecified atom stereocenters. The first-order chi connectivity index (χ1) is 16.1. The SMILES string of the molecule is CC(=O)[C@H]1[C@H](c2ccc([N+](=O)[O-])cc2)C2(C(=O)OC(C)(C)OC2=O)[C@H]2c3ccccc3C=NN12. The number of ketones is 1. The van der Waals surface area contributed by atoms with Crippen LogP contribution in [0.2, 0.25) is 0 Å². The molecule has 0 saturated carbocycles. The van der Waals surface area contributed by atoms with Crippen molar-refractivity contribution in [2.24, 2.45) is 10.5 Å². The number of esters is 2. The number of cyclic esters (lactones) is 2. The second kappa shape index (κ2) is 7.21. The molecule has 2 saturated heterocycles. The van der Waals surface area contributed by atoms with Crippen LogP contribution in [0.25, 0.3) is 0 Å². The maximum atomic E-state index is 13.8. The van der Waals surface area contributed by atoms with Crippen molar-refractivity contribution in [2.45, 2.75) is 44.6 Å². The molecule has 2 fully saturated rings. The molecule has 3 aliphatic rings. The van der Waals surface area contributed by atoms with Gasteiger partial charge in [-0.1, -0.05) is 36.4 Å². The van der Waals surface area contributed by atoms with E-state index in [0.717, 1.165) is 0 Å². The van der Waals surface area contributed by atoms with Crippen LogP contribution in [0.3, 0.4) is 0 Å². The van der Waals surface area contributed by atoms with E-state index in [4.69, 9.17) is 9.47 Å². The Hall–Kier alpha value is -4.08. The molecule has 0 amide bonds. The minimum Gasteiger partial charge on any atom is -0.422 e. The number of carbonyl (C=O) groups is 3. The minimum atomic E-state index is -1.96. The van der Waals surface area contributed by atoms with Crippen LogP contribution in [-0.2, 0) is 23.9 Å². The number of nitrogens with zero attached hydrogens (tertiary/aromatic N) is 3. The van der Waals surface area contributed by atoms with Crippen molar-refractivity contribution in [1.29, 1.82) is 0 Å². The molecular formula is C24H21N3O7. The topological polar surface area (TPSA) is 128 Å². The highest BCUT2D eigenvalue weighted by Gasteiger charge is 2.74. The van der Waals surface area contributed by atoms with Gasteiger partial charge in [0.15, 0.2) is 5.78 Å². The van der Waals surface area contributed by atoms with E-state index in [9.17, 15) is 24.5 Å². The van der Waals surface area contributed by atoms with E-state index in [1.54, 1.807) is 30.5 Å². The molecule has 0 aromatic heterocycles. The largest absolute Gasteiger partial charge is 0.422 e. The van der Waals surface area contributed by atoms with Crippen molar-refractivity contribution < 1.29 is 28.8 Å². The summed E-state index contributed by atoms with van der Waals surface area (Å²) in [6, 6.07) is 10.6. The number of hydrogen-bond acceptors (Lipinski definition) is 9. The molecule has 0 aliphatic carbocycles. The maximum absolute atomic E-state index is 13.8. The number of hydrogen-bond donors (Lipinski definition) is 0. The number of nitro benzene ring substituents is 1. The summed E-state index contributed by atoms with van der Waals surface area (Å²) in [5.41, 5.74) is -0.412. The van der Waals surface area contributed by atoms with Crippen molar-refractivity contribution in [3.8, 4) is 0 Å². The van der Waals surface area contributed by atoms with Gasteiger partial charge in [0.1, 0.15) is 12.1 Å². The molecule has 3 atom stereocenters. The summed E-state index contributed by atoms with van der Waals surface area (Å²) in [6.45, 7) is 4.27. The smallest absolute Gasteiger partial charge is 0.330 e. The molecule has 10 nitrogen and oxygen atoms in total. The zero-order valence-electron chi connectivity index (χ0n) is 18.6. The Kier molecular flexibility index (Phi) is 4.61. The molecule has 3 heterocycles. The van der Waals surface area contributed by atoms with Gasteiger partial charge in [0.05, 0.1) is 11.1 Å². The van der Waals surface area contributed by atoms with E-state index >= 15 is 0 Å². The number of rotatable bonds is 3. The zero-order chi connectivity index (χ0) is 24.4. The average Bonchev–Trinajstić information content (AvgIpc) is 3.10.